The molecule has 2 unspecified atom stereocenters. The van der Waals surface area contributed by atoms with E-state index < -0.39 is 0 Å². The van der Waals surface area contributed by atoms with E-state index >= 15 is 0 Å². The molecule has 1 aliphatic rings. The van der Waals surface area contributed by atoms with Crippen molar-refractivity contribution in [2.45, 2.75) is 52.2 Å². The van der Waals surface area contributed by atoms with Crippen molar-refractivity contribution < 1.29 is 9.47 Å². The molecule has 0 aliphatic carbocycles. The van der Waals surface area contributed by atoms with Gasteiger partial charge in [0.1, 0.15) is 17.1 Å². The number of rotatable bonds is 5. The van der Waals surface area contributed by atoms with Crippen molar-refractivity contribution >= 4 is 0 Å². The van der Waals surface area contributed by atoms with Crippen LogP contribution in [0.5, 0.6) is 11.5 Å². The summed E-state index contributed by atoms with van der Waals surface area (Å²) in [5.74, 6) is 2.44. The molecule has 0 aromatic heterocycles. The minimum absolute atomic E-state index is 0.111. The maximum atomic E-state index is 6.33. The maximum absolute atomic E-state index is 6.33. The van der Waals surface area contributed by atoms with Crippen LogP contribution in [0.4, 0.5) is 0 Å². The molecule has 1 N–H and O–H groups in total. The highest BCUT2D eigenvalue weighted by Gasteiger charge is 2.37. The molecule has 0 saturated heterocycles. The van der Waals surface area contributed by atoms with Crippen molar-refractivity contribution in [3.05, 3.63) is 23.8 Å². The lowest BCUT2D eigenvalue weighted by Gasteiger charge is -2.41. The van der Waals surface area contributed by atoms with Gasteiger partial charge in [0.15, 0.2) is 0 Å². The van der Waals surface area contributed by atoms with Crippen molar-refractivity contribution in [3.8, 4) is 11.5 Å². The Kier molecular flexibility index (Phi) is 4.59. The van der Waals surface area contributed by atoms with Gasteiger partial charge in [-0.1, -0.05) is 26.8 Å². The third kappa shape index (κ3) is 3.26. The van der Waals surface area contributed by atoms with E-state index in [1.807, 2.05) is 12.1 Å². The minimum Gasteiger partial charge on any atom is -0.497 e. The Bertz CT molecular complexity index is 458. The zero-order chi connectivity index (χ0) is 14.8. The van der Waals surface area contributed by atoms with Gasteiger partial charge in [-0.15, -0.1) is 0 Å². The van der Waals surface area contributed by atoms with E-state index in [1.165, 1.54) is 5.56 Å². The summed E-state index contributed by atoms with van der Waals surface area (Å²) in [5, 5.41) is 3.59. The topological polar surface area (TPSA) is 30.5 Å². The summed E-state index contributed by atoms with van der Waals surface area (Å²) in [6, 6.07) is 6.50. The molecule has 2 rings (SSSR count). The summed E-state index contributed by atoms with van der Waals surface area (Å²) in [6.07, 6.45) is 2.07. The van der Waals surface area contributed by atoms with Crippen LogP contribution >= 0.6 is 0 Å². The van der Waals surface area contributed by atoms with E-state index in [1.54, 1.807) is 7.11 Å². The summed E-state index contributed by atoms with van der Waals surface area (Å²) in [7, 11) is 1.69. The molecule has 3 heteroatoms. The van der Waals surface area contributed by atoms with E-state index in [0.717, 1.165) is 30.9 Å². The van der Waals surface area contributed by atoms with Gasteiger partial charge in [0.05, 0.1) is 7.11 Å². The van der Waals surface area contributed by atoms with Crippen LogP contribution in [-0.4, -0.2) is 19.3 Å². The van der Waals surface area contributed by atoms with E-state index in [9.17, 15) is 0 Å². The van der Waals surface area contributed by atoms with Gasteiger partial charge in [-0.2, -0.15) is 0 Å². The van der Waals surface area contributed by atoms with Crippen LogP contribution in [0, 0.1) is 5.92 Å². The fourth-order valence-corrected chi connectivity index (χ4v) is 3.28. The third-order valence-corrected chi connectivity index (χ3v) is 3.88. The smallest absolute Gasteiger partial charge is 0.128 e. The molecule has 0 bridgehead atoms. The predicted octanol–water partition coefficient (Wildman–Crippen LogP) is 3.93. The summed E-state index contributed by atoms with van der Waals surface area (Å²) >= 11 is 0. The molecule has 2 atom stereocenters. The number of hydrogen-bond donors (Lipinski definition) is 1. The Balaban J connectivity index is 2.34. The van der Waals surface area contributed by atoms with Gasteiger partial charge in [0.2, 0.25) is 0 Å². The van der Waals surface area contributed by atoms with Gasteiger partial charge in [-0.3, -0.25) is 0 Å². The first-order chi connectivity index (χ1) is 9.47. The Labute approximate surface area is 122 Å². The van der Waals surface area contributed by atoms with Gasteiger partial charge in [-0.25, -0.2) is 0 Å². The monoisotopic (exact) mass is 277 g/mol. The predicted molar refractivity (Wildman–Crippen MR) is 82.5 cm³/mol. The second-order valence-electron chi connectivity index (χ2n) is 6.37. The molecule has 1 heterocycles. The zero-order valence-electron chi connectivity index (χ0n) is 13.3. The van der Waals surface area contributed by atoms with E-state index in [0.29, 0.717) is 12.0 Å². The molecule has 1 aromatic carbocycles. The van der Waals surface area contributed by atoms with Gasteiger partial charge >= 0.3 is 0 Å². The van der Waals surface area contributed by atoms with E-state index in [4.69, 9.17) is 9.47 Å². The fourth-order valence-electron chi connectivity index (χ4n) is 3.28. The molecule has 0 spiro atoms. The van der Waals surface area contributed by atoms with Crippen LogP contribution < -0.4 is 14.8 Å². The van der Waals surface area contributed by atoms with Gasteiger partial charge in [-0.05, 0) is 31.9 Å². The zero-order valence-corrected chi connectivity index (χ0v) is 13.3. The average molecular weight is 277 g/mol. The van der Waals surface area contributed by atoms with Crippen molar-refractivity contribution in [3.63, 3.8) is 0 Å². The Morgan fingerprint density at radius 3 is 2.80 bits per heavy atom. The first-order valence-electron chi connectivity index (χ1n) is 7.57. The van der Waals surface area contributed by atoms with Crippen LogP contribution in [0.2, 0.25) is 0 Å². The molecular weight excluding hydrogens is 250 g/mol. The maximum Gasteiger partial charge on any atom is 0.128 e. The summed E-state index contributed by atoms with van der Waals surface area (Å²) in [5.41, 5.74) is 1.13. The van der Waals surface area contributed by atoms with Crippen LogP contribution in [0.1, 0.15) is 52.1 Å². The Morgan fingerprint density at radius 2 is 2.20 bits per heavy atom. The highest BCUT2D eigenvalue weighted by Crippen LogP contribution is 2.43. The molecule has 0 amide bonds. The van der Waals surface area contributed by atoms with Crippen LogP contribution in [0.3, 0.4) is 0 Å². The number of nitrogens with one attached hydrogen (secondary N) is 1. The van der Waals surface area contributed by atoms with Gasteiger partial charge in [0, 0.05) is 24.1 Å². The lowest BCUT2D eigenvalue weighted by atomic mass is 9.83. The van der Waals surface area contributed by atoms with E-state index in [-0.39, 0.29) is 5.60 Å². The van der Waals surface area contributed by atoms with Crippen molar-refractivity contribution in [1.29, 1.82) is 0 Å². The number of methoxy groups -OCH3 is 1. The molecule has 1 aromatic rings. The van der Waals surface area contributed by atoms with Crippen molar-refractivity contribution in [2.75, 3.05) is 13.7 Å². The lowest BCUT2D eigenvalue weighted by Crippen LogP contribution is -2.42. The second-order valence-corrected chi connectivity index (χ2v) is 6.37. The lowest BCUT2D eigenvalue weighted by molar-refractivity contribution is 0.0287. The van der Waals surface area contributed by atoms with Crippen molar-refractivity contribution in [2.24, 2.45) is 5.92 Å². The average Bonchev–Trinajstić information content (AvgIpc) is 2.36. The van der Waals surface area contributed by atoms with Gasteiger partial charge < -0.3 is 14.8 Å². The molecule has 112 valence electrons. The molecular formula is C17H27NO2. The normalized spacial score (nSPS) is 25.2. The Hall–Kier alpha value is -1.22. The highest BCUT2D eigenvalue weighted by molar-refractivity contribution is 5.44. The van der Waals surface area contributed by atoms with Gasteiger partial charge in [0.25, 0.3) is 0 Å². The molecule has 0 fully saturated rings. The molecule has 20 heavy (non-hydrogen) atoms. The molecule has 0 saturated carbocycles. The largest absolute Gasteiger partial charge is 0.497 e. The van der Waals surface area contributed by atoms with Crippen LogP contribution in [-0.2, 0) is 0 Å². The number of fused-ring (bicyclic) bond motifs is 1. The minimum atomic E-state index is -0.111. The van der Waals surface area contributed by atoms with Crippen LogP contribution in [0.15, 0.2) is 18.2 Å². The number of ether oxygens (including phenoxy) is 2. The van der Waals surface area contributed by atoms with Crippen molar-refractivity contribution in [1.82, 2.24) is 5.32 Å². The van der Waals surface area contributed by atoms with E-state index in [2.05, 4.69) is 39.1 Å². The Morgan fingerprint density at radius 1 is 1.45 bits per heavy atom. The summed E-state index contributed by atoms with van der Waals surface area (Å²) in [4.78, 5) is 0. The third-order valence-electron chi connectivity index (χ3n) is 3.88. The summed E-state index contributed by atoms with van der Waals surface area (Å²) < 4.78 is 11.7. The fraction of sp³-hybridized carbons (Fsp3) is 0.647. The molecule has 3 nitrogen and oxygen atoms in total. The summed E-state index contributed by atoms with van der Waals surface area (Å²) in [6.45, 7) is 9.84. The standard InChI is InChI=1S/C17H27NO2/c1-6-18-15-11-17(4,10-12(2)3)20-16-9-13(19-5)7-8-14(15)16/h7-9,12,15,18H,6,10-11H2,1-5H3. The molecule has 0 radical (unpaired) electrons. The number of benzene rings is 1. The van der Waals surface area contributed by atoms with Crippen LogP contribution in [0.25, 0.3) is 0 Å². The first-order valence-corrected chi connectivity index (χ1v) is 7.57. The first kappa shape index (κ1) is 15.2. The number of hydrogen-bond acceptors (Lipinski definition) is 3. The quantitative estimate of drug-likeness (QED) is 0.884. The highest BCUT2D eigenvalue weighted by atomic mass is 16.5. The molecule has 1 aliphatic heterocycles. The SMILES string of the molecule is CCNC1CC(C)(CC(C)C)Oc2cc(OC)ccc21. The second kappa shape index (κ2) is 6.04.